The van der Waals surface area contributed by atoms with Crippen LogP contribution in [0.1, 0.15) is 44.9 Å². The first-order chi connectivity index (χ1) is 9.48. The molecule has 0 saturated heterocycles. The van der Waals surface area contributed by atoms with Gasteiger partial charge in [0.2, 0.25) is 0 Å². The molecule has 0 radical (unpaired) electrons. The van der Waals surface area contributed by atoms with Gasteiger partial charge in [-0.3, -0.25) is 4.79 Å². The predicted molar refractivity (Wildman–Crippen MR) is 67.1 cm³/mol. The maximum absolute atomic E-state index is 12.8. The summed E-state index contributed by atoms with van der Waals surface area (Å²) in [7, 11) is 0. The number of carbonyl (C=O) groups excluding carboxylic acids is 1. The Morgan fingerprint density at radius 1 is 1.05 bits per heavy atom. The summed E-state index contributed by atoms with van der Waals surface area (Å²) in [5, 5.41) is 0. The highest BCUT2D eigenvalue weighted by molar-refractivity contribution is 5.77. The molecule has 0 aliphatic heterocycles. The Balaban J connectivity index is 1.55. The average molecular weight is 290 g/mol. The molecule has 0 aromatic carbocycles. The van der Waals surface area contributed by atoms with Crippen molar-refractivity contribution in [3.63, 3.8) is 0 Å². The predicted octanol–water partition coefficient (Wildman–Crippen LogP) is 3.74. The fraction of sp³-hybridized carbons (Fsp3) is 0.933. The van der Waals surface area contributed by atoms with Crippen LogP contribution in [0, 0.1) is 23.2 Å². The fourth-order valence-corrected chi connectivity index (χ4v) is 4.90. The Morgan fingerprint density at radius 2 is 1.55 bits per heavy atom. The topological polar surface area (TPSA) is 26.3 Å². The van der Waals surface area contributed by atoms with E-state index in [1.807, 2.05) is 0 Å². The molecule has 114 valence electrons. The van der Waals surface area contributed by atoms with E-state index in [-0.39, 0.29) is 18.0 Å². The van der Waals surface area contributed by atoms with Crippen molar-refractivity contribution in [1.82, 2.24) is 0 Å². The normalized spacial score (nSPS) is 40.1. The zero-order chi connectivity index (χ0) is 14.3. The maximum atomic E-state index is 12.8. The minimum absolute atomic E-state index is 0.230. The Bertz CT molecular complexity index is 348. The third-order valence-corrected chi connectivity index (χ3v) is 5.37. The van der Waals surface area contributed by atoms with Crippen molar-refractivity contribution >= 4 is 5.97 Å². The van der Waals surface area contributed by atoms with Crippen LogP contribution in [0.3, 0.4) is 0 Å². The summed E-state index contributed by atoms with van der Waals surface area (Å²) in [4.78, 5) is 12.3. The summed E-state index contributed by atoms with van der Waals surface area (Å²) in [6.07, 6.45) is 0.727. The van der Waals surface area contributed by atoms with Crippen LogP contribution in [-0.2, 0) is 9.53 Å². The summed E-state index contributed by atoms with van der Waals surface area (Å²) in [5.74, 6) is 1.62. The highest BCUT2D eigenvalue weighted by atomic mass is 19.3. The SMILES string of the molecule is O=C(OCCC(F)C(F)F)C12CC3CC(CC(C3)C1)C2. The molecule has 4 rings (SSSR count). The van der Waals surface area contributed by atoms with Crippen LogP contribution in [-0.4, -0.2) is 25.2 Å². The second-order valence-electron chi connectivity index (χ2n) is 6.97. The molecule has 2 nitrogen and oxygen atoms in total. The lowest BCUT2D eigenvalue weighted by Gasteiger charge is -2.55. The average Bonchev–Trinajstić information content (AvgIpc) is 2.36. The quantitative estimate of drug-likeness (QED) is 0.721. The van der Waals surface area contributed by atoms with E-state index in [4.69, 9.17) is 4.74 Å². The van der Waals surface area contributed by atoms with E-state index in [9.17, 15) is 18.0 Å². The third-order valence-electron chi connectivity index (χ3n) is 5.37. The van der Waals surface area contributed by atoms with E-state index in [2.05, 4.69) is 0 Å². The van der Waals surface area contributed by atoms with Gasteiger partial charge < -0.3 is 4.74 Å². The molecule has 1 atom stereocenters. The molecule has 4 saturated carbocycles. The zero-order valence-corrected chi connectivity index (χ0v) is 11.5. The molecule has 0 aromatic rings. The standard InChI is InChI=1S/C15H21F3O2/c16-12(13(17)18)1-2-20-14(19)15-6-9-3-10(7-15)5-11(4-9)8-15/h9-13H,1-8H2. The molecule has 4 fully saturated rings. The summed E-state index contributed by atoms with van der Waals surface area (Å²) in [6.45, 7) is -0.230. The van der Waals surface area contributed by atoms with Gasteiger partial charge in [0.25, 0.3) is 6.43 Å². The summed E-state index contributed by atoms with van der Waals surface area (Å²) in [6, 6.07) is 0. The summed E-state index contributed by atoms with van der Waals surface area (Å²) in [5.41, 5.74) is -0.384. The van der Waals surface area contributed by atoms with E-state index >= 15 is 0 Å². The highest BCUT2D eigenvalue weighted by Crippen LogP contribution is 2.60. The molecule has 1 unspecified atom stereocenters. The fourth-order valence-electron chi connectivity index (χ4n) is 4.90. The largest absolute Gasteiger partial charge is 0.465 e. The molecular weight excluding hydrogens is 269 g/mol. The van der Waals surface area contributed by atoms with Gasteiger partial charge in [0.1, 0.15) is 0 Å². The van der Waals surface area contributed by atoms with Crippen molar-refractivity contribution in [3.8, 4) is 0 Å². The van der Waals surface area contributed by atoms with Gasteiger partial charge in [-0.05, 0) is 56.3 Å². The van der Waals surface area contributed by atoms with E-state index in [0.29, 0.717) is 17.8 Å². The Morgan fingerprint density at radius 3 is 2.00 bits per heavy atom. The van der Waals surface area contributed by atoms with Crippen LogP contribution in [0.2, 0.25) is 0 Å². The number of ether oxygens (including phenoxy) is 1. The molecule has 0 N–H and O–H groups in total. The summed E-state index contributed by atoms with van der Waals surface area (Å²) >= 11 is 0. The van der Waals surface area contributed by atoms with Crippen molar-refractivity contribution in [2.45, 2.75) is 57.5 Å². The first-order valence-corrected chi connectivity index (χ1v) is 7.58. The van der Waals surface area contributed by atoms with Gasteiger partial charge in [-0.15, -0.1) is 0 Å². The molecule has 0 spiro atoms. The van der Waals surface area contributed by atoms with Gasteiger partial charge >= 0.3 is 5.97 Å². The van der Waals surface area contributed by atoms with Crippen LogP contribution >= 0.6 is 0 Å². The number of hydrogen-bond donors (Lipinski definition) is 0. The van der Waals surface area contributed by atoms with E-state index in [1.54, 1.807) is 0 Å². The molecule has 5 heteroatoms. The molecule has 0 aromatic heterocycles. The first-order valence-electron chi connectivity index (χ1n) is 7.58. The van der Waals surface area contributed by atoms with Crippen molar-refractivity contribution in [1.29, 1.82) is 0 Å². The van der Waals surface area contributed by atoms with E-state index in [0.717, 1.165) is 19.3 Å². The van der Waals surface area contributed by atoms with Crippen LogP contribution in [0.25, 0.3) is 0 Å². The molecule has 0 heterocycles. The minimum atomic E-state index is -2.99. The first kappa shape index (κ1) is 14.2. The smallest absolute Gasteiger partial charge is 0.312 e. The highest BCUT2D eigenvalue weighted by Gasteiger charge is 2.55. The van der Waals surface area contributed by atoms with Crippen LogP contribution in [0.5, 0.6) is 0 Å². The number of hydrogen-bond acceptors (Lipinski definition) is 2. The lowest BCUT2D eigenvalue weighted by Crippen LogP contribution is -2.50. The van der Waals surface area contributed by atoms with Gasteiger partial charge in [0, 0.05) is 6.42 Å². The molecular formula is C15H21F3O2. The van der Waals surface area contributed by atoms with Gasteiger partial charge in [-0.25, -0.2) is 13.2 Å². The maximum Gasteiger partial charge on any atom is 0.312 e. The number of halogens is 3. The minimum Gasteiger partial charge on any atom is -0.465 e. The van der Waals surface area contributed by atoms with E-state index < -0.39 is 19.0 Å². The third kappa shape index (κ3) is 2.56. The lowest BCUT2D eigenvalue weighted by molar-refractivity contribution is -0.172. The number of rotatable bonds is 5. The van der Waals surface area contributed by atoms with Crippen LogP contribution in [0.15, 0.2) is 0 Å². The number of alkyl halides is 3. The number of carbonyl (C=O) groups is 1. The van der Waals surface area contributed by atoms with Gasteiger partial charge in [-0.1, -0.05) is 0 Å². The second kappa shape index (κ2) is 5.23. The molecule has 0 amide bonds. The van der Waals surface area contributed by atoms with Gasteiger partial charge in [0.15, 0.2) is 6.17 Å². The van der Waals surface area contributed by atoms with Crippen molar-refractivity contribution in [3.05, 3.63) is 0 Å². The Kier molecular flexibility index (Phi) is 3.71. The molecule has 20 heavy (non-hydrogen) atoms. The second-order valence-corrected chi connectivity index (χ2v) is 6.97. The lowest BCUT2D eigenvalue weighted by atomic mass is 9.49. The number of esters is 1. The molecule has 4 aliphatic rings. The van der Waals surface area contributed by atoms with Gasteiger partial charge in [-0.2, -0.15) is 0 Å². The molecule has 4 aliphatic carbocycles. The summed E-state index contributed by atoms with van der Waals surface area (Å²) < 4.78 is 42.0. The Hall–Kier alpha value is -0.740. The monoisotopic (exact) mass is 290 g/mol. The molecule has 4 bridgehead atoms. The van der Waals surface area contributed by atoms with Crippen LogP contribution in [0.4, 0.5) is 13.2 Å². The van der Waals surface area contributed by atoms with E-state index in [1.165, 1.54) is 19.3 Å². The van der Waals surface area contributed by atoms with Crippen LogP contribution < -0.4 is 0 Å². The van der Waals surface area contributed by atoms with Crippen molar-refractivity contribution in [2.24, 2.45) is 23.2 Å². The zero-order valence-electron chi connectivity index (χ0n) is 11.5. The Labute approximate surface area is 117 Å². The van der Waals surface area contributed by atoms with Crippen molar-refractivity contribution < 1.29 is 22.7 Å². The van der Waals surface area contributed by atoms with Gasteiger partial charge in [0.05, 0.1) is 12.0 Å². The van der Waals surface area contributed by atoms with Crippen molar-refractivity contribution in [2.75, 3.05) is 6.61 Å².